The zero-order chi connectivity index (χ0) is 27.6. The second-order valence-corrected chi connectivity index (χ2v) is 11.8. The number of hydrogen-bond acceptors (Lipinski definition) is 4. The number of anilines is 1. The number of halogens is 1. The van der Waals surface area contributed by atoms with E-state index in [1.54, 1.807) is 23.1 Å². The molecule has 0 bridgehead atoms. The molecule has 1 atom stereocenters. The molecule has 2 rings (SSSR count). The van der Waals surface area contributed by atoms with Crippen molar-refractivity contribution in [1.82, 2.24) is 10.2 Å². The summed E-state index contributed by atoms with van der Waals surface area (Å²) in [6.07, 6.45) is 3.87. The molecule has 0 aliphatic carbocycles. The van der Waals surface area contributed by atoms with Crippen LogP contribution in [0.1, 0.15) is 62.6 Å². The minimum absolute atomic E-state index is 0.107. The van der Waals surface area contributed by atoms with Gasteiger partial charge in [-0.05, 0) is 56.4 Å². The topological polar surface area (TPSA) is 86.8 Å². The first-order chi connectivity index (χ1) is 17.5. The summed E-state index contributed by atoms with van der Waals surface area (Å²) in [6.45, 7) is 8.78. The summed E-state index contributed by atoms with van der Waals surface area (Å²) in [7, 11) is -3.59. The van der Waals surface area contributed by atoms with E-state index in [-0.39, 0.29) is 24.8 Å². The molecule has 0 heterocycles. The molecule has 37 heavy (non-hydrogen) atoms. The van der Waals surface area contributed by atoms with Crippen molar-refractivity contribution < 1.29 is 18.0 Å². The van der Waals surface area contributed by atoms with Crippen molar-refractivity contribution in [3.63, 3.8) is 0 Å². The molecule has 1 N–H and O–H groups in total. The number of nitrogens with zero attached hydrogens (tertiary/aromatic N) is 2. The van der Waals surface area contributed by atoms with Crippen LogP contribution in [0.3, 0.4) is 0 Å². The molecule has 0 aliphatic rings. The molecule has 0 saturated carbocycles. The standard InChI is InChI=1S/C28H40ClN3O4S/c1-6-8-17-30-28(34)25(7-2)31(20-23-14-11-21(3)12-15-23)27(33)10-9-18-32(37(5,35)36)26-19-24(29)16-13-22(26)4/h11-16,19,25H,6-10,17-18,20H2,1-5H3,(H,30,34). The lowest BCUT2D eigenvalue weighted by Crippen LogP contribution is -2.49. The Kier molecular flexibility index (Phi) is 11.9. The lowest BCUT2D eigenvalue weighted by molar-refractivity contribution is -0.141. The number of carbonyl (C=O) groups excluding carboxylic acids is 2. The normalized spacial score (nSPS) is 12.2. The van der Waals surface area contributed by atoms with Gasteiger partial charge in [0.2, 0.25) is 21.8 Å². The third-order valence-corrected chi connectivity index (χ3v) is 7.70. The van der Waals surface area contributed by atoms with Gasteiger partial charge in [-0.15, -0.1) is 0 Å². The number of hydrogen-bond donors (Lipinski definition) is 1. The summed E-state index contributed by atoms with van der Waals surface area (Å²) in [4.78, 5) is 28.1. The van der Waals surface area contributed by atoms with E-state index < -0.39 is 16.1 Å². The first-order valence-electron chi connectivity index (χ1n) is 12.8. The third kappa shape index (κ3) is 9.34. The zero-order valence-corrected chi connectivity index (χ0v) is 24.2. The van der Waals surface area contributed by atoms with Gasteiger partial charge in [0.05, 0.1) is 11.9 Å². The molecule has 0 spiro atoms. The van der Waals surface area contributed by atoms with Crippen LogP contribution in [-0.2, 0) is 26.2 Å². The summed E-state index contributed by atoms with van der Waals surface area (Å²) in [5.41, 5.74) is 3.33. The van der Waals surface area contributed by atoms with E-state index in [2.05, 4.69) is 12.2 Å². The van der Waals surface area contributed by atoms with Gasteiger partial charge >= 0.3 is 0 Å². The first kappa shape index (κ1) is 30.6. The molecule has 7 nitrogen and oxygen atoms in total. The van der Waals surface area contributed by atoms with Gasteiger partial charge in [-0.25, -0.2) is 8.42 Å². The Bertz CT molecular complexity index is 1150. The van der Waals surface area contributed by atoms with Crippen molar-refractivity contribution in [2.75, 3.05) is 23.7 Å². The number of amides is 2. The van der Waals surface area contributed by atoms with Crippen LogP contribution in [0.25, 0.3) is 0 Å². The molecule has 0 radical (unpaired) electrons. The van der Waals surface area contributed by atoms with E-state index in [1.165, 1.54) is 4.31 Å². The van der Waals surface area contributed by atoms with Crippen LogP contribution < -0.4 is 9.62 Å². The van der Waals surface area contributed by atoms with E-state index in [1.807, 2.05) is 45.0 Å². The summed E-state index contributed by atoms with van der Waals surface area (Å²) >= 11 is 6.13. The number of nitrogens with one attached hydrogen (secondary N) is 1. The summed E-state index contributed by atoms with van der Waals surface area (Å²) in [5.74, 6) is -0.349. The predicted molar refractivity (Wildman–Crippen MR) is 151 cm³/mol. The van der Waals surface area contributed by atoms with E-state index in [9.17, 15) is 18.0 Å². The van der Waals surface area contributed by atoms with Gasteiger partial charge in [-0.1, -0.05) is 67.8 Å². The molecule has 2 aromatic rings. The summed E-state index contributed by atoms with van der Waals surface area (Å²) in [5, 5.41) is 3.40. The number of carbonyl (C=O) groups is 2. The lowest BCUT2D eigenvalue weighted by Gasteiger charge is -2.31. The quantitative estimate of drug-likeness (QED) is 0.327. The fourth-order valence-electron chi connectivity index (χ4n) is 4.15. The zero-order valence-electron chi connectivity index (χ0n) is 22.6. The van der Waals surface area contributed by atoms with E-state index in [4.69, 9.17) is 11.6 Å². The minimum atomic E-state index is -3.59. The lowest BCUT2D eigenvalue weighted by atomic mass is 10.1. The Balaban J connectivity index is 2.22. The highest BCUT2D eigenvalue weighted by molar-refractivity contribution is 7.92. The molecule has 9 heteroatoms. The summed E-state index contributed by atoms with van der Waals surface area (Å²) in [6, 6.07) is 12.4. The Morgan fingerprint density at radius 1 is 1.03 bits per heavy atom. The van der Waals surface area contributed by atoms with Crippen molar-refractivity contribution >= 4 is 39.1 Å². The van der Waals surface area contributed by atoms with Crippen molar-refractivity contribution in [2.24, 2.45) is 0 Å². The number of unbranched alkanes of at least 4 members (excludes halogenated alkanes) is 1. The number of rotatable bonds is 14. The number of sulfonamides is 1. The average Bonchev–Trinajstić information content (AvgIpc) is 2.84. The van der Waals surface area contributed by atoms with Gasteiger partial charge in [0, 0.05) is 31.1 Å². The molecule has 2 amide bonds. The van der Waals surface area contributed by atoms with Crippen LogP contribution in [-0.4, -0.2) is 50.5 Å². The first-order valence-corrected chi connectivity index (χ1v) is 15.1. The van der Waals surface area contributed by atoms with Gasteiger partial charge in [0.1, 0.15) is 6.04 Å². The van der Waals surface area contributed by atoms with Gasteiger partial charge < -0.3 is 10.2 Å². The van der Waals surface area contributed by atoms with Crippen LogP contribution >= 0.6 is 11.6 Å². The molecule has 2 aromatic carbocycles. The predicted octanol–water partition coefficient (Wildman–Crippen LogP) is 5.23. The monoisotopic (exact) mass is 549 g/mol. The van der Waals surface area contributed by atoms with E-state index >= 15 is 0 Å². The van der Waals surface area contributed by atoms with Crippen LogP contribution in [0.2, 0.25) is 5.02 Å². The minimum Gasteiger partial charge on any atom is -0.354 e. The molecule has 0 saturated heterocycles. The van der Waals surface area contributed by atoms with Crippen molar-refractivity contribution in [3.05, 3.63) is 64.2 Å². The van der Waals surface area contributed by atoms with Gasteiger partial charge in [-0.3, -0.25) is 13.9 Å². The molecular formula is C28H40ClN3O4S. The summed E-state index contributed by atoms with van der Waals surface area (Å²) < 4.78 is 26.4. The Morgan fingerprint density at radius 2 is 1.70 bits per heavy atom. The van der Waals surface area contributed by atoms with E-state index in [0.717, 1.165) is 35.8 Å². The maximum Gasteiger partial charge on any atom is 0.242 e. The molecule has 1 unspecified atom stereocenters. The number of benzene rings is 2. The van der Waals surface area contributed by atoms with Crippen LogP contribution in [0.4, 0.5) is 5.69 Å². The van der Waals surface area contributed by atoms with Gasteiger partial charge in [-0.2, -0.15) is 0 Å². The van der Waals surface area contributed by atoms with Crippen molar-refractivity contribution in [3.8, 4) is 0 Å². The van der Waals surface area contributed by atoms with Gasteiger partial charge in [0.25, 0.3) is 0 Å². The van der Waals surface area contributed by atoms with Crippen LogP contribution in [0, 0.1) is 13.8 Å². The highest BCUT2D eigenvalue weighted by Crippen LogP contribution is 2.27. The third-order valence-electron chi connectivity index (χ3n) is 6.28. The highest BCUT2D eigenvalue weighted by atomic mass is 35.5. The second-order valence-electron chi connectivity index (χ2n) is 9.45. The number of aryl methyl sites for hydroxylation is 2. The largest absolute Gasteiger partial charge is 0.354 e. The molecular weight excluding hydrogens is 510 g/mol. The van der Waals surface area contributed by atoms with Crippen LogP contribution in [0.15, 0.2) is 42.5 Å². The fourth-order valence-corrected chi connectivity index (χ4v) is 5.33. The maximum atomic E-state index is 13.5. The SMILES string of the molecule is CCCCNC(=O)C(CC)N(Cc1ccc(C)cc1)C(=O)CCCN(c1cc(Cl)ccc1C)S(C)(=O)=O. The Hall–Kier alpha value is -2.58. The molecule has 0 aliphatic heterocycles. The fraction of sp³-hybridized carbons (Fsp3) is 0.500. The maximum absolute atomic E-state index is 13.5. The Labute approximate surface area is 227 Å². The highest BCUT2D eigenvalue weighted by Gasteiger charge is 2.29. The molecule has 204 valence electrons. The van der Waals surface area contributed by atoms with Crippen LogP contribution in [0.5, 0.6) is 0 Å². The Morgan fingerprint density at radius 3 is 2.30 bits per heavy atom. The smallest absolute Gasteiger partial charge is 0.242 e. The van der Waals surface area contributed by atoms with E-state index in [0.29, 0.717) is 36.6 Å². The van der Waals surface area contributed by atoms with Crippen molar-refractivity contribution in [2.45, 2.75) is 72.4 Å². The second kappa shape index (κ2) is 14.4. The molecule has 0 aromatic heterocycles. The average molecular weight is 550 g/mol. The van der Waals surface area contributed by atoms with Gasteiger partial charge in [0.15, 0.2) is 0 Å². The molecule has 0 fully saturated rings. The van der Waals surface area contributed by atoms with Crippen molar-refractivity contribution in [1.29, 1.82) is 0 Å².